The lowest BCUT2D eigenvalue weighted by Crippen LogP contribution is -1.95. The van der Waals surface area contributed by atoms with Crippen LogP contribution in [0.25, 0.3) is 54.5 Å². The molecule has 6 heteroatoms. The standard InChI is InChI=1S/C36H26N2O2P2/c1-5-13-29-25(9-1)17-19-33(39-41-37-23-21-27-11-3-7-15-31(27)37)35(29)36-30-14-6-2-10-26(30)18-20-34(36)40-42-38-24-22-28-12-4-8-16-32(28)38/h1-24,41-42H. The molecule has 8 rings (SSSR count). The van der Waals surface area contributed by atoms with Crippen LogP contribution in [0.3, 0.4) is 0 Å². The fourth-order valence-electron chi connectivity index (χ4n) is 5.71. The molecule has 42 heavy (non-hydrogen) atoms. The summed E-state index contributed by atoms with van der Waals surface area (Å²) in [7, 11) is 0.183. The highest BCUT2D eigenvalue weighted by Crippen LogP contribution is 2.48. The van der Waals surface area contributed by atoms with Gasteiger partial charge in [0, 0.05) is 23.5 Å². The molecule has 4 nitrogen and oxygen atoms in total. The zero-order valence-corrected chi connectivity index (χ0v) is 24.6. The van der Waals surface area contributed by atoms with Crippen molar-refractivity contribution in [3.63, 3.8) is 0 Å². The lowest BCUT2D eigenvalue weighted by atomic mass is 9.92. The van der Waals surface area contributed by atoms with E-state index in [-0.39, 0.29) is 17.9 Å². The Balaban J connectivity index is 1.27. The minimum Gasteiger partial charge on any atom is -0.455 e. The minimum atomic E-state index is 0.0914. The van der Waals surface area contributed by atoms with Crippen LogP contribution in [0.2, 0.25) is 0 Å². The van der Waals surface area contributed by atoms with E-state index in [0.29, 0.717) is 0 Å². The van der Waals surface area contributed by atoms with Gasteiger partial charge >= 0.3 is 0 Å². The van der Waals surface area contributed by atoms with Crippen LogP contribution < -0.4 is 9.05 Å². The first kappa shape index (κ1) is 25.1. The largest absolute Gasteiger partial charge is 0.455 e. The molecule has 202 valence electrons. The first-order valence-electron chi connectivity index (χ1n) is 13.9. The summed E-state index contributed by atoms with van der Waals surface area (Å²) in [5, 5.41) is 6.99. The van der Waals surface area contributed by atoms with E-state index >= 15 is 0 Å². The maximum Gasteiger partial charge on any atom is 0.181 e. The monoisotopic (exact) mass is 580 g/mol. The van der Waals surface area contributed by atoms with Gasteiger partial charge in [0.05, 0.1) is 11.0 Å². The molecule has 0 saturated carbocycles. The van der Waals surface area contributed by atoms with Gasteiger partial charge in [0.25, 0.3) is 0 Å². The van der Waals surface area contributed by atoms with E-state index < -0.39 is 0 Å². The summed E-state index contributed by atoms with van der Waals surface area (Å²) in [6, 6.07) is 46.6. The van der Waals surface area contributed by atoms with Crippen molar-refractivity contribution in [1.29, 1.82) is 0 Å². The zero-order valence-electron chi connectivity index (χ0n) is 22.6. The van der Waals surface area contributed by atoms with Crippen LogP contribution in [0.4, 0.5) is 0 Å². The third kappa shape index (κ3) is 4.41. The van der Waals surface area contributed by atoms with Crippen LogP contribution in [-0.2, 0) is 0 Å². The Morgan fingerprint density at radius 3 is 1.26 bits per heavy atom. The second-order valence-corrected chi connectivity index (χ2v) is 11.9. The average Bonchev–Trinajstić information content (AvgIpc) is 3.66. The highest BCUT2D eigenvalue weighted by molar-refractivity contribution is 7.31. The Morgan fingerprint density at radius 2 is 0.786 bits per heavy atom. The number of nitrogens with zero attached hydrogens (tertiary/aromatic N) is 2. The number of fused-ring (bicyclic) bond motifs is 4. The Hall–Kier alpha value is -4.62. The van der Waals surface area contributed by atoms with Crippen molar-refractivity contribution in [2.24, 2.45) is 0 Å². The van der Waals surface area contributed by atoms with Crippen molar-refractivity contribution >= 4 is 61.3 Å². The van der Waals surface area contributed by atoms with E-state index in [2.05, 4.69) is 155 Å². The van der Waals surface area contributed by atoms with Crippen LogP contribution in [0, 0.1) is 0 Å². The van der Waals surface area contributed by atoms with Crippen LogP contribution in [0.1, 0.15) is 0 Å². The zero-order chi connectivity index (χ0) is 27.9. The lowest BCUT2D eigenvalue weighted by molar-refractivity contribution is 0.618. The first-order chi connectivity index (χ1) is 20.8. The summed E-state index contributed by atoms with van der Waals surface area (Å²) in [5.74, 6) is 1.67. The van der Waals surface area contributed by atoms with Crippen LogP contribution >= 0.6 is 17.9 Å². The van der Waals surface area contributed by atoms with Gasteiger partial charge in [-0.2, -0.15) is 0 Å². The van der Waals surface area contributed by atoms with Gasteiger partial charge < -0.3 is 9.05 Å². The lowest BCUT2D eigenvalue weighted by Gasteiger charge is -2.20. The van der Waals surface area contributed by atoms with Gasteiger partial charge in [-0.1, -0.05) is 97.1 Å². The van der Waals surface area contributed by atoms with Crippen molar-refractivity contribution in [2.45, 2.75) is 0 Å². The summed E-state index contributed by atoms with van der Waals surface area (Å²) in [6.45, 7) is 0. The number of hydrogen-bond acceptors (Lipinski definition) is 2. The fourth-order valence-corrected chi connectivity index (χ4v) is 7.32. The van der Waals surface area contributed by atoms with Crippen molar-refractivity contribution in [3.05, 3.63) is 146 Å². The van der Waals surface area contributed by atoms with Crippen molar-refractivity contribution in [3.8, 4) is 22.6 Å². The smallest absolute Gasteiger partial charge is 0.181 e. The summed E-state index contributed by atoms with van der Waals surface area (Å²) in [6.07, 6.45) is 4.19. The first-order valence-corrected chi connectivity index (χ1v) is 15.6. The van der Waals surface area contributed by atoms with Gasteiger partial charge in [0.1, 0.15) is 11.5 Å². The minimum absolute atomic E-state index is 0.0914. The average molecular weight is 581 g/mol. The molecular formula is C36H26N2O2P2. The Bertz CT molecular complexity index is 2070. The van der Waals surface area contributed by atoms with E-state index in [1.165, 1.54) is 10.8 Å². The Morgan fingerprint density at radius 1 is 0.381 bits per heavy atom. The SMILES string of the molecule is c1ccc2c(-c3c(OPn4ccc5ccccc54)ccc4ccccc34)c(OPn3ccc4ccccc43)ccc2c1. The molecule has 0 fully saturated rings. The number of hydrogen-bond donors (Lipinski definition) is 0. The Kier molecular flexibility index (Phi) is 6.37. The molecule has 6 aromatic carbocycles. The van der Waals surface area contributed by atoms with Gasteiger partial charge in [-0.05, 0) is 68.7 Å². The third-order valence-corrected chi connectivity index (χ3v) is 9.53. The van der Waals surface area contributed by atoms with E-state index in [1.54, 1.807) is 0 Å². The number of benzene rings is 6. The molecule has 0 amide bonds. The summed E-state index contributed by atoms with van der Waals surface area (Å²) in [5.41, 5.74) is 4.41. The van der Waals surface area contributed by atoms with Crippen molar-refractivity contribution < 1.29 is 9.05 Å². The van der Waals surface area contributed by atoms with E-state index in [0.717, 1.165) is 55.2 Å². The molecule has 2 heterocycles. The number of aromatic nitrogens is 2. The molecule has 0 radical (unpaired) electrons. The van der Waals surface area contributed by atoms with Crippen molar-refractivity contribution in [1.82, 2.24) is 8.68 Å². The molecule has 0 aliphatic rings. The molecule has 0 N–H and O–H groups in total. The topological polar surface area (TPSA) is 28.3 Å². The molecular weight excluding hydrogens is 554 g/mol. The predicted molar refractivity (Wildman–Crippen MR) is 179 cm³/mol. The highest BCUT2D eigenvalue weighted by Gasteiger charge is 2.20. The molecule has 2 unspecified atom stereocenters. The summed E-state index contributed by atoms with van der Waals surface area (Å²) < 4.78 is 17.7. The molecule has 2 atom stereocenters. The van der Waals surface area contributed by atoms with Crippen LogP contribution in [0.15, 0.2) is 146 Å². The maximum absolute atomic E-state index is 6.70. The summed E-state index contributed by atoms with van der Waals surface area (Å²) >= 11 is 0. The number of para-hydroxylation sites is 2. The fraction of sp³-hybridized carbons (Fsp3) is 0. The molecule has 0 spiro atoms. The molecule has 0 aliphatic carbocycles. The Labute approximate surface area is 247 Å². The van der Waals surface area contributed by atoms with E-state index in [4.69, 9.17) is 9.05 Å². The normalized spacial score (nSPS) is 12.1. The molecule has 2 aromatic heterocycles. The van der Waals surface area contributed by atoms with E-state index in [9.17, 15) is 0 Å². The maximum atomic E-state index is 6.70. The molecule has 8 aromatic rings. The summed E-state index contributed by atoms with van der Waals surface area (Å²) in [4.78, 5) is 0. The molecule has 0 bridgehead atoms. The van der Waals surface area contributed by atoms with Gasteiger partial charge in [0.15, 0.2) is 17.9 Å². The second kappa shape index (κ2) is 10.7. The predicted octanol–water partition coefficient (Wildman–Crippen LogP) is 10.4. The number of rotatable bonds is 7. The van der Waals surface area contributed by atoms with Gasteiger partial charge in [-0.25, -0.2) is 0 Å². The second-order valence-electron chi connectivity index (χ2n) is 10.2. The molecule has 0 saturated heterocycles. The van der Waals surface area contributed by atoms with Crippen LogP contribution in [-0.4, -0.2) is 8.68 Å². The molecule has 0 aliphatic heterocycles. The van der Waals surface area contributed by atoms with Gasteiger partial charge in [-0.3, -0.25) is 8.68 Å². The van der Waals surface area contributed by atoms with E-state index in [1.807, 2.05) is 0 Å². The van der Waals surface area contributed by atoms with Gasteiger partial charge in [-0.15, -0.1) is 0 Å². The highest BCUT2D eigenvalue weighted by atomic mass is 31.1. The van der Waals surface area contributed by atoms with Gasteiger partial charge in [0.2, 0.25) is 0 Å². The van der Waals surface area contributed by atoms with Crippen LogP contribution in [0.5, 0.6) is 11.5 Å². The quantitative estimate of drug-likeness (QED) is 0.176. The van der Waals surface area contributed by atoms with Crippen molar-refractivity contribution in [2.75, 3.05) is 0 Å². The third-order valence-electron chi connectivity index (χ3n) is 7.74.